The van der Waals surface area contributed by atoms with Crippen molar-refractivity contribution in [1.82, 2.24) is 4.90 Å². The van der Waals surface area contributed by atoms with Crippen molar-refractivity contribution < 1.29 is 19.1 Å². The van der Waals surface area contributed by atoms with E-state index in [9.17, 15) is 9.59 Å². The van der Waals surface area contributed by atoms with Crippen LogP contribution in [0.1, 0.15) is 30.6 Å². The van der Waals surface area contributed by atoms with Crippen molar-refractivity contribution in [2.75, 3.05) is 33.4 Å². The van der Waals surface area contributed by atoms with Gasteiger partial charge in [-0.1, -0.05) is 6.07 Å². The summed E-state index contributed by atoms with van der Waals surface area (Å²) in [6.45, 7) is 2.52. The van der Waals surface area contributed by atoms with Crippen LogP contribution in [0.25, 0.3) is 0 Å². The van der Waals surface area contributed by atoms with Crippen LogP contribution in [0.2, 0.25) is 0 Å². The van der Waals surface area contributed by atoms with E-state index >= 15 is 0 Å². The molecule has 3 rings (SSSR count). The maximum Gasteiger partial charge on any atom is 0.308 e. The topological polar surface area (TPSA) is 55.8 Å². The van der Waals surface area contributed by atoms with Crippen molar-refractivity contribution in [3.05, 3.63) is 22.4 Å². The normalized spacial score (nSPS) is 21.9. The molecule has 5 nitrogen and oxygen atoms in total. The van der Waals surface area contributed by atoms with Gasteiger partial charge in [-0.15, -0.1) is 11.3 Å². The molecule has 0 radical (unpaired) electrons. The van der Waals surface area contributed by atoms with Gasteiger partial charge < -0.3 is 14.4 Å². The van der Waals surface area contributed by atoms with E-state index in [1.807, 2.05) is 16.3 Å². The quantitative estimate of drug-likeness (QED) is 0.794. The molecule has 6 heteroatoms. The Hall–Kier alpha value is -1.40. The highest BCUT2D eigenvalue weighted by molar-refractivity contribution is 7.10. The first-order chi connectivity index (χ1) is 11.2. The van der Waals surface area contributed by atoms with E-state index in [-0.39, 0.29) is 17.8 Å². The minimum Gasteiger partial charge on any atom is -0.469 e. The van der Waals surface area contributed by atoms with Crippen LogP contribution < -0.4 is 0 Å². The number of esters is 1. The summed E-state index contributed by atoms with van der Waals surface area (Å²) in [6, 6.07) is 4.07. The van der Waals surface area contributed by atoms with E-state index in [2.05, 4.69) is 6.07 Å². The van der Waals surface area contributed by atoms with Gasteiger partial charge in [0.05, 0.1) is 18.4 Å². The Labute approximate surface area is 140 Å². The fourth-order valence-electron chi connectivity index (χ4n) is 3.62. The van der Waals surface area contributed by atoms with E-state index in [4.69, 9.17) is 9.47 Å². The first kappa shape index (κ1) is 16.5. The lowest BCUT2D eigenvalue weighted by molar-refractivity contribution is -0.151. The summed E-state index contributed by atoms with van der Waals surface area (Å²) in [6.07, 6.45) is 2.86. The van der Waals surface area contributed by atoms with Crippen LogP contribution in [0.15, 0.2) is 17.5 Å². The summed E-state index contributed by atoms with van der Waals surface area (Å²) in [5.74, 6) is -0.0286. The zero-order valence-electron chi connectivity index (χ0n) is 13.5. The molecule has 0 bridgehead atoms. The minimum absolute atomic E-state index is 0.0728. The summed E-state index contributed by atoms with van der Waals surface area (Å²) in [7, 11) is 1.42. The summed E-state index contributed by atoms with van der Waals surface area (Å²) in [5, 5.41) is 2.03. The molecule has 0 atom stereocenters. The number of rotatable bonds is 3. The van der Waals surface area contributed by atoms with Gasteiger partial charge in [0.15, 0.2) is 0 Å². The first-order valence-electron chi connectivity index (χ1n) is 8.16. The predicted octanol–water partition coefficient (Wildman–Crippen LogP) is 2.21. The molecule has 23 heavy (non-hydrogen) atoms. The Bertz CT molecular complexity index is 543. The molecule has 2 aliphatic rings. The zero-order chi connectivity index (χ0) is 16.3. The van der Waals surface area contributed by atoms with E-state index in [1.54, 1.807) is 11.3 Å². The molecule has 0 aliphatic carbocycles. The number of hydrogen-bond donors (Lipinski definition) is 0. The van der Waals surface area contributed by atoms with Crippen molar-refractivity contribution >= 4 is 23.2 Å². The number of methoxy groups -OCH3 is 1. The highest BCUT2D eigenvalue weighted by Gasteiger charge is 2.45. The number of likely N-dealkylation sites (tertiary alicyclic amines) is 1. The SMILES string of the molecule is COC(=O)C1CCN(C(=O)C2(c3cccs3)CCOCC2)CC1. The number of amides is 1. The third-order valence-electron chi connectivity index (χ3n) is 5.07. The van der Waals surface area contributed by atoms with E-state index in [0.717, 1.165) is 17.7 Å². The summed E-state index contributed by atoms with van der Waals surface area (Å²) < 4.78 is 10.3. The van der Waals surface area contributed by atoms with Crippen LogP contribution in [0.5, 0.6) is 0 Å². The molecule has 1 aromatic rings. The first-order valence-corrected chi connectivity index (χ1v) is 9.04. The van der Waals surface area contributed by atoms with Gasteiger partial charge in [0.1, 0.15) is 0 Å². The molecule has 2 saturated heterocycles. The van der Waals surface area contributed by atoms with E-state index in [1.165, 1.54) is 7.11 Å². The zero-order valence-corrected chi connectivity index (χ0v) is 14.3. The summed E-state index contributed by atoms with van der Waals surface area (Å²) in [5.41, 5.74) is -0.440. The molecule has 126 valence electrons. The van der Waals surface area contributed by atoms with Crippen LogP contribution in [0, 0.1) is 5.92 Å². The lowest BCUT2D eigenvalue weighted by Gasteiger charge is -2.41. The number of carbonyl (C=O) groups is 2. The number of ether oxygens (including phenoxy) is 2. The van der Waals surface area contributed by atoms with E-state index in [0.29, 0.717) is 39.1 Å². The number of nitrogens with zero attached hydrogens (tertiary/aromatic N) is 1. The lowest BCUT2D eigenvalue weighted by atomic mass is 9.77. The van der Waals surface area contributed by atoms with Crippen molar-refractivity contribution in [2.45, 2.75) is 31.1 Å². The van der Waals surface area contributed by atoms with Crippen molar-refractivity contribution in [1.29, 1.82) is 0 Å². The predicted molar refractivity (Wildman–Crippen MR) is 87.4 cm³/mol. The highest BCUT2D eigenvalue weighted by atomic mass is 32.1. The van der Waals surface area contributed by atoms with Crippen molar-refractivity contribution in [3.63, 3.8) is 0 Å². The maximum atomic E-state index is 13.3. The minimum atomic E-state index is -0.440. The fraction of sp³-hybridized carbons (Fsp3) is 0.647. The summed E-state index contributed by atoms with van der Waals surface area (Å²) >= 11 is 1.65. The molecular weight excluding hydrogens is 314 g/mol. The Morgan fingerprint density at radius 2 is 2.00 bits per heavy atom. The second-order valence-electron chi connectivity index (χ2n) is 6.26. The molecule has 2 aliphatic heterocycles. The van der Waals surface area contributed by atoms with Gasteiger partial charge >= 0.3 is 5.97 Å². The smallest absolute Gasteiger partial charge is 0.308 e. The second kappa shape index (κ2) is 7.01. The third kappa shape index (κ3) is 3.15. The molecule has 1 aromatic heterocycles. The maximum absolute atomic E-state index is 13.3. The van der Waals surface area contributed by atoms with Gasteiger partial charge in [-0.25, -0.2) is 0 Å². The molecule has 0 saturated carbocycles. The van der Waals surface area contributed by atoms with Crippen LogP contribution >= 0.6 is 11.3 Å². The standard InChI is InChI=1S/C17H23NO4S/c1-21-15(19)13-4-8-18(9-5-13)16(20)17(6-10-22-11-7-17)14-3-2-12-23-14/h2-3,12-13H,4-11H2,1H3. The van der Waals surface area contributed by atoms with Gasteiger partial charge in [-0.2, -0.15) is 0 Å². The fourth-order valence-corrected chi connectivity index (χ4v) is 4.60. The number of hydrogen-bond acceptors (Lipinski definition) is 5. The number of thiophene rings is 1. The van der Waals surface area contributed by atoms with Gasteiger partial charge in [0.2, 0.25) is 5.91 Å². The second-order valence-corrected chi connectivity index (χ2v) is 7.21. The number of carbonyl (C=O) groups excluding carboxylic acids is 2. The van der Waals surface area contributed by atoms with Crippen LogP contribution in [0.4, 0.5) is 0 Å². The molecule has 3 heterocycles. The molecule has 0 N–H and O–H groups in total. The van der Waals surface area contributed by atoms with Crippen molar-refractivity contribution in [3.8, 4) is 0 Å². The average molecular weight is 337 g/mol. The van der Waals surface area contributed by atoms with Crippen LogP contribution in [0.3, 0.4) is 0 Å². The molecule has 0 spiro atoms. The molecule has 1 amide bonds. The van der Waals surface area contributed by atoms with Gasteiger partial charge in [-0.3, -0.25) is 9.59 Å². The van der Waals surface area contributed by atoms with Gasteiger partial charge in [-0.05, 0) is 37.1 Å². The van der Waals surface area contributed by atoms with Crippen LogP contribution in [-0.4, -0.2) is 50.2 Å². The largest absolute Gasteiger partial charge is 0.469 e. The van der Waals surface area contributed by atoms with Gasteiger partial charge in [0, 0.05) is 31.2 Å². The molecule has 0 unspecified atom stereocenters. The van der Waals surface area contributed by atoms with E-state index < -0.39 is 5.41 Å². The molecular formula is C17H23NO4S. The monoisotopic (exact) mass is 337 g/mol. The van der Waals surface area contributed by atoms with Gasteiger partial charge in [0.25, 0.3) is 0 Å². The van der Waals surface area contributed by atoms with Crippen molar-refractivity contribution in [2.24, 2.45) is 5.92 Å². The Balaban J connectivity index is 1.74. The number of piperidine rings is 1. The van der Waals surface area contributed by atoms with Crippen LogP contribution in [-0.2, 0) is 24.5 Å². The average Bonchev–Trinajstić information content (AvgIpc) is 3.16. The summed E-state index contributed by atoms with van der Waals surface area (Å²) in [4.78, 5) is 28.0. The highest BCUT2D eigenvalue weighted by Crippen LogP contribution is 2.40. The Morgan fingerprint density at radius 1 is 1.30 bits per heavy atom. The molecule has 0 aromatic carbocycles. The Kier molecular flexibility index (Phi) is 5.02. The lowest BCUT2D eigenvalue weighted by Crippen LogP contribution is -2.52. The molecule has 2 fully saturated rings. The third-order valence-corrected chi connectivity index (χ3v) is 6.14. The Morgan fingerprint density at radius 3 is 2.57 bits per heavy atom.